The number of hydrogen-bond donors (Lipinski definition) is 1. The summed E-state index contributed by atoms with van der Waals surface area (Å²) in [5.41, 5.74) is 8.81. The second kappa shape index (κ2) is 6.71. The molecule has 0 atom stereocenters. The number of nitrogens with two attached hydrogens (primary N) is 1. The third kappa shape index (κ3) is 3.09. The van der Waals surface area contributed by atoms with Gasteiger partial charge in [-0.2, -0.15) is 4.68 Å². The third-order valence-electron chi connectivity index (χ3n) is 4.32. The average molecular weight is 369 g/mol. The standard InChI is InChI=1S/C17H19N7O3/c1-10(2)26-17(25)14-13(24(22-19-14)16-15(18)20-27-21-16)9-23-8-7-11-5-3-4-6-12(11)23/h3-6,10H,7-9H2,1-2H3,(H2,18,20). The Labute approximate surface area is 154 Å². The largest absolute Gasteiger partial charge is 0.458 e. The zero-order valence-corrected chi connectivity index (χ0v) is 15.0. The quantitative estimate of drug-likeness (QED) is 0.663. The minimum Gasteiger partial charge on any atom is -0.458 e. The van der Waals surface area contributed by atoms with Gasteiger partial charge in [-0.1, -0.05) is 23.4 Å². The molecule has 0 amide bonds. The van der Waals surface area contributed by atoms with Crippen molar-refractivity contribution in [1.29, 1.82) is 0 Å². The van der Waals surface area contributed by atoms with Crippen molar-refractivity contribution < 1.29 is 14.2 Å². The van der Waals surface area contributed by atoms with E-state index in [1.165, 1.54) is 10.2 Å². The first-order chi connectivity index (χ1) is 13.0. The highest BCUT2D eigenvalue weighted by molar-refractivity contribution is 5.88. The second-order valence-electron chi connectivity index (χ2n) is 6.52. The van der Waals surface area contributed by atoms with Gasteiger partial charge in [-0.25, -0.2) is 9.42 Å². The number of rotatable bonds is 5. The molecule has 0 radical (unpaired) electrons. The number of nitrogen functional groups attached to an aromatic ring is 1. The summed E-state index contributed by atoms with van der Waals surface area (Å²) in [6, 6.07) is 8.15. The van der Waals surface area contributed by atoms with Crippen LogP contribution in [0.2, 0.25) is 0 Å². The molecule has 2 N–H and O–H groups in total. The molecule has 0 saturated heterocycles. The van der Waals surface area contributed by atoms with Gasteiger partial charge in [-0.15, -0.1) is 5.10 Å². The van der Waals surface area contributed by atoms with Gasteiger partial charge < -0.3 is 15.4 Å². The molecule has 3 heterocycles. The molecule has 2 aromatic heterocycles. The molecular weight excluding hydrogens is 350 g/mol. The SMILES string of the molecule is CC(C)OC(=O)c1nnn(-c2nonc2N)c1CN1CCc2ccccc21. The summed E-state index contributed by atoms with van der Waals surface area (Å²) in [7, 11) is 0. The van der Waals surface area contributed by atoms with Gasteiger partial charge in [0.2, 0.25) is 11.6 Å². The Morgan fingerprint density at radius 2 is 2.15 bits per heavy atom. The molecule has 1 aromatic carbocycles. The van der Waals surface area contributed by atoms with Crippen molar-refractivity contribution in [2.45, 2.75) is 32.9 Å². The van der Waals surface area contributed by atoms with Crippen LogP contribution in [-0.2, 0) is 17.7 Å². The Kier molecular flexibility index (Phi) is 4.22. The number of fused-ring (bicyclic) bond motifs is 1. The van der Waals surface area contributed by atoms with Crippen LogP contribution in [0, 0.1) is 0 Å². The normalized spacial score (nSPS) is 13.2. The lowest BCUT2D eigenvalue weighted by molar-refractivity contribution is 0.0369. The fraction of sp³-hybridized carbons (Fsp3) is 0.353. The molecule has 27 heavy (non-hydrogen) atoms. The summed E-state index contributed by atoms with van der Waals surface area (Å²) >= 11 is 0. The molecule has 1 aliphatic rings. The molecule has 0 aliphatic carbocycles. The highest BCUT2D eigenvalue weighted by Crippen LogP contribution is 2.30. The van der Waals surface area contributed by atoms with Crippen molar-refractivity contribution in [2.24, 2.45) is 0 Å². The molecule has 0 saturated carbocycles. The molecular formula is C17H19N7O3. The van der Waals surface area contributed by atoms with Crippen LogP contribution in [0.1, 0.15) is 35.6 Å². The number of benzene rings is 1. The van der Waals surface area contributed by atoms with Gasteiger partial charge in [0.1, 0.15) is 5.69 Å². The van der Waals surface area contributed by atoms with Crippen molar-refractivity contribution in [3.05, 3.63) is 41.2 Å². The maximum absolute atomic E-state index is 12.5. The highest BCUT2D eigenvalue weighted by atomic mass is 16.6. The van der Waals surface area contributed by atoms with Crippen molar-refractivity contribution in [3.8, 4) is 5.82 Å². The average Bonchev–Trinajstić information content (AvgIpc) is 3.34. The number of para-hydroxylation sites is 1. The zero-order chi connectivity index (χ0) is 19.0. The number of esters is 1. The van der Waals surface area contributed by atoms with Crippen LogP contribution in [0.3, 0.4) is 0 Å². The van der Waals surface area contributed by atoms with Crippen molar-refractivity contribution >= 4 is 17.5 Å². The first-order valence-corrected chi connectivity index (χ1v) is 8.61. The third-order valence-corrected chi connectivity index (χ3v) is 4.32. The summed E-state index contributed by atoms with van der Waals surface area (Å²) in [4.78, 5) is 14.7. The Bertz CT molecular complexity index is 979. The first-order valence-electron chi connectivity index (χ1n) is 8.61. The number of aromatic nitrogens is 5. The van der Waals surface area contributed by atoms with Crippen LogP contribution in [0.25, 0.3) is 5.82 Å². The van der Waals surface area contributed by atoms with Crippen LogP contribution in [0.4, 0.5) is 11.5 Å². The van der Waals surface area contributed by atoms with E-state index in [1.807, 2.05) is 12.1 Å². The fourth-order valence-electron chi connectivity index (χ4n) is 3.13. The topological polar surface area (TPSA) is 125 Å². The van der Waals surface area contributed by atoms with Crippen LogP contribution in [-0.4, -0.2) is 43.9 Å². The first kappa shape index (κ1) is 17.0. The van der Waals surface area contributed by atoms with E-state index in [1.54, 1.807) is 13.8 Å². The maximum atomic E-state index is 12.5. The molecule has 140 valence electrons. The van der Waals surface area contributed by atoms with E-state index in [9.17, 15) is 4.79 Å². The maximum Gasteiger partial charge on any atom is 0.361 e. The molecule has 0 bridgehead atoms. The van der Waals surface area contributed by atoms with E-state index in [-0.39, 0.29) is 23.4 Å². The van der Waals surface area contributed by atoms with Gasteiger partial charge in [-0.05, 0) is 42.2 Å². The van der Waals surface area contributed by atoms with E-state index in [0.29, 0.717) is 12.2 Å². The van der Waals surface area contributed by atoms with E-state index in [0.717, 1.165) is 18.7 Å². The molecule has 0 unspecified atom stereocenters. The van der Waals surface area contributed by atoms with Crippen LogP contribution >= 0.6 is 0 Å². The lowest BCUT2D eigenvalue weighted by Crippen LogP contribution is -2.24. The van der Waals surface area contributed by atoms with Gasteiger partial charge >= 0.3 is 5.97 Å². The number of carbonyl (C=O) groups is 1. The zero-order valence-electron chi connectivity index (χ0n) is 15.0. The number of nitrogens with zero attached hydrogens (tertiary/aromatic N) is 6. The van der Waals surface area contributed by atoms with E-state index in [4.69, 9.17) is 10.5 Å². The Hall–Kier alpha value is -3.43. The number of carbonyl (C=O) groups excluding carboxylic acids is 1. The van der Waals surface area contributed by atoms with E-state index in [2.05, 4.69) is 42.3 Å². The van der Waals surface area contributed by atoms with E-state index >= 15 is 0 Å². The van der Waals surface area contributed by atoms with Crippen LogP contribution in [0.5, 0.6) is 0 Å². The van der Waals surface area contributed by atoms with Crippen LogP contribution < -0.4 is 10.6 Å². The highest BCUT2D eigenvalue weighted by Gasteiger charge is 2.29. The number of anilines is 2. The molecule has 10 nitrogen and oxygen atoms in total. The summed E-state index contributed by atoms with van der Waals surface area (Å²) in [6.45, 7) is 4.76. The molecule has 1 aliphatic heterocycles. The molecule has 10 heteroatoms. The molecule has 0 spiro atoms. The predicted octanol–water partition coefficient (Wildman–Crippen LogP) is 1.36. The lowest BCUT2D eigenvalue weighted by atomic mass is 10.2. The molecule has 0 fully saturated rings. The Balaban J connectivity index is 1.74. The minimum atomic E-state index is -0.547. The summed E-state index contributed by atoms with van der Waals surface area (Å²) in [5, 5.41) is 15.4. The second-order valence-corrected chi connectivity index (χ2v) is 6.52. The summed E-state index contributed by atoms with van der Waals surface area (Å²) < 4.78 is 11.4. The van der Waals surface area contributed by atoms with Crippen molar-refractivity contribution in [3.63, 3.8) is 0 Å². The Morgan fingerprint density at radius 1 is 1.33 bits per heavy atom. The lowest BCUT2D eigenvalue weighted by Gasteiger charge is -2.20. The summed E-state index contributed by atoms with van der Waals surface area (Å²) in [5.74, 6) is -0.297. The number of ether oxygens (including phenoxy) is 1. The van der Waals surface area contributed by atoms with Gasteiger partial charge in [0.25, 0.3) is 0 Å². The fourth-order valence-corrected chi connectivity index (χ4v) is 3.13. The van der Waals surface area contributed by atoms with E-state index < -0.39 is 5.97 Å². The van der Waals surface area contributed by atoms with Crippen molar-refractivity contribution in [1.82, 2.24) is 25.3 Å². The summed E-state index contributed by atoms with van der Waals surface area (Å²) in [6.07, 6.45) is 0.652. The smallest absolute Gasteiger partial charge is 0.361 e. The minimum absolute atomic E-state index is 0.0618. The van der Waals surface area contributed by atoms with Gasteiger partial charge in [0.05, 0.1) is 12.6 Å². The monoisotopic (exact) mass is 369 g/mol. The molecule has 3 aromatic rings. The van der Waals surface area contributed by atoms with Gasteiger partial charge in [0.15, 0.2) is 5.69 Å². The van der Waals surface area contributed by atoms with Gasteiger partial charge in [-0.3, -0.25) is 0 Å². The van der Waals surface area contributed by atoms with Gasteiger partial charge in [0, 0.05) is 12.2 Å². The Morgan fingerprint density at radius 3 is 2.89 bits per heavy atom. The van der Waals surface area contributed by atoms with Crippen LogP contribution in [0.15, 0.2) is 28.9 Å². The number of hydrogen-bond acceptors (Lipinski definition) is 9. The van der Waals surface area contributed by atoms with Crippen molar-refractivity contribution in [2.75, 3.05) is 17.2 Å². The molecule has 4 rings (SSSR count). The predicted molar refractivity (Wildman–Crippen MR) is 95.4 cm³/mol.